The summed E-state index contributed by atoms with van der Waals surface area (Å²) in [6, 6.07) is 81.5. The summed E-state index contributed by atoms with van der Waals surface area (Å²) < 4.78 is 4.40. The molecule has 0 amide bonds. The lowest BCUT2D eigenvalue weighted by Gasteiger charge is -2.35. The molecular weight excluding hydrogens is 783 g/mol. The van der Waals surface area contributed by atoms with E-state index in [1.165, 1.54) is 43.0 Å². The molecule has 9 aromatic carbocycles. The number of aromatic nitrogens is 5. The van der Waals surface area contributed by atoms with Crippen LogP contribution in [0.5, 0.6) is 0 Å². The Morgan fingerprint density at radius 3 is 1.17 bits per heavy atom. The quantitative estimate of drug-likeness (QED) is 0.163. The zero-order valence-electron chi connectivity index (χ0n) is 34.1. The molecule has 13 rings (SSSR count). The Morgan fingerprint density at radius 1 is 0.302 bits per heavy atom. The maximum absolute atomic E-state index is 5.48. The van der Waals surface area contributed by atoms with Gasteiger partial charge in [0, 0.05) is 27.1 Å². The van der Waals surface area contributed by atoms with Crippen LogP contribution in [0.1, 0.15) is 0 Å². The van der Waals surface area contributed by atoms with E-state index in [0.717, 1.165) is 49.2 Å². The van der Waals surface area contributed by atoms with Gasteiger partial charge in [-0.1, -0.05) is 194 Å². The first-order valence-corrected chi connectivity index (χ1v) is 23.5. The van der Waals surface area contributed by atoms with Gasteiger partial charge < -0.3 is 0 Å². The first-order valence-electron chi connectivity index (χ1n) is 21.5. The van der Waals surface area contributed by atoms with Crippen molar-refractivity contribution in [3.8, 4) is 45.5 Å². The minimum Gasteiger partial charge on any atom is -0.278 e. The molecule has 63 heavy (non-hydrogen) atoms. The Hall–Kier alpha value is -8.19. The van der Waals surface area contributed by atoms with Crippen LogP contribution in [0.15, 0.2) is 224 Å². The van der Waals surface area contributed by atoms with Crippen LogP contribution in [0.2, 0.25) is 0 Å². The first kappa shape index (κ1) is 35.6. The lowest BCUT2D eigenvalue weighted by Crippen LogP contribution is -2.75. The average molecular weight is 820 g/mol. The van der Waals surface area contributed by atoms with E-state index in [2.05, 4.69) is 234 Å². The molecule has 0 unspecified atom stereocenters. The summed E-state index contributed by atoms with van der Waals surface area (Å²) in [5.41, 5.74) is 9.97. The largest absolute Gasteiger partial charge is 0.278 e. The molecule has 0 atom stereocenters. The second-order valence-electron chi connectivity index (χ2n) is 16.3. The van der Waals surface area contributed by atoms with Crippen molar-refractivity contribution >= 4 is 72.4 Å². The number of hydrogen-bond donors (Lipinski definition) is 0. The minimum absolute atomic E-state index is 0.564. The van der Waals surface area contributed by atoms with Gasteiger partial charge in [0.05, 0.1) is 22.1 Å². The zero-order chi connectivity index (χ0) is 41.5. The van der Waals surface area contributed by atoms with Crippen molar-refractivity contribution in [2.45, 2.75) is 0 Å². The van der Waals surface area contributed by atoms with Gasteiger partial charge in [-0.25, -0.2) is 0 Å². The molecule has 1 aliphatic rings. The summed E-state index contributed by atoms with van der Waals surface area (Å²) in [7, 11) is -2.94. The second-order valence-corrected chi connectivity index (χ2v) is 20.1. The van der Waals surface area contributed by atoms with Gasteiger partial charge >= 0.3 is 0 Å². The molecule has 0 spiro atoms. The van der Waals surface area contributed by atoms with Gasteiger partial charge in [0.1, 0.15) is 0 Å². The molecule has 6 heteroatoms. The number of rotatable bonds is 5. The van der Waals surface area contributed by atoms with E-state index < -0.39 is 8.07 Å². The average Bonchev–Trinajstić information content (AvgIpc) is 3.85. The van der Waals surface area contributed by atoms with Crippen molar-refractivity contribution in [2.24, 2.45) is 0 Å². The zero-order valence-corrected chi connectivity index (χ0v) is 35.1. The topological polar surface area (TPSA) is 48.5 Å². The van der Waals surface area contributed by atoms with Crippen LogP contribution in [0.4, 0.5) is 0 Å². The Bertz CT molecular complexity index is 3480. The first-order chi connectivity index (χ1) is 31.3. The summed E-state index contributed by atoms with van der Waals surface area (Å²) >= 11 is 0. The third kappa shape index (κ3) is 5.19. The lowest BCUT2D eigenvalue weighted by atomic mass is 9.94. The number of benzene rings is 9. The molecule has 294 valence electrons. The van der Waals surface area contributed by atoms with Gasteiger partial charge in [0.2, 0.25) is 11.9 Å². The van der Waals surface area contributed by atoms with Gasteiger partial charge in [-0.3, -0.25) is 9.13 Å². The fourth-order valence-electron chi connectivity index (χ4n) is 10.5. The minimum atomic E-state index is -2.94. The van der Waals surface area contributed by atoms with Crippen molar-refractivity contribution in [1.29, 1.82) is 0 Å². The summed E-state index contributed by atoms with van der Waals surface area (Å²) in [6.45, 7) is 0. The van der Waals surface area contributed by atoms with Gasteiger partial charge in [0.15, 0.2) is 13.9 Å². The van der Waals surface area contributed by atoms with Crippen molar-refractivity contribution < 1.29 is 0 Å². The Kier molecular flexibility index (Phi) is 7.86. The molecule has 0 fully saturated rings. The highest BCUT2D eigenvalue weighted by Gasteiger charge is 2.46. The van der Waals surface area contributed by atoms with Gasteiger partial charge in [0.25, 0.3) is 0 Å². The highest BCUT2D eigenvalue weighted by atomic mass is 28.3. The van der Waals surface area contributed by atoms with E-state index in [0.29, 0.717) is 17.7 Å². The maximum atomic E-state index is 5.48. The Labute approximate surface area is 364 Å². The third-order valence-electron chi connectivity index (χ3n) is 13.1. The Morgan fingerprint density at radius 2 is 0.683 bits per heavy atom. The molecule has 4 heterocycles. The summed E-state index contributed by atoms with van der Waals surface area (Å²) in [4.78, 5) is 16.4. The van der Waals surface area contributed by atoms with E-state index in [1.54, 1.807) is 0 Å². The van der Waals surface area contributed by atoms with Crippen molar-refractivity contribution in [3.05, 3.63) is 224 Å². The van der Waals surface area contributed by atoms with Crippen molar-refractivity contribution in [3.63, 3.8) is 0 Å². The maximum Gasteiger partial charge on any atom is 0.240 e. The van der Waals surface area contributed by atoms with E-state index in [9.17, 15) is 0 Å². The number of para-hydroxylation sites is 4. The highest BCUT2D eigenvalue weighted by Crippen LogP contribution is 2.39. The van der Waals surface area contributed by atoms with E-state index in [4.69, 9.17) is 15.0 Å². The van der Waals surface area contributed by atoms with E-state index in [1.807, 2.05) is 0 Å². The van der Waals surface area contributed by atoms with Crippen molar-refractivity contribution in [2.75, 3.05) is 0 Å². The molecule has 0 aliphatic carbocycles. The summed E-state index contributed by atoms with van der Waals surface area (Å²) in [5.74, 6) is 1.73. The molecule has 1 aliphatic heterocycles. The summed E-state index contributed by atoms with van der Waals surface area (Å²) in [6.07, 6.45) is 0. The normalized spacial score (nSPS) is 12.9. The summed E-state index contributed by atoms with van der Waals surface area (Å²) in [5, 5.41) is 10.00. The fourth-order valence-corrected chi connectivity index (χ4v) is 15.7. The molecule has 5 nitrogen and oxygen atoms in total. The van der Waals surface area contributed by atoms with Gasteiger partial charge in [-0.05, 0) is 73.3 Å². The molecule has 0 radical (unpaired) electrons. The lowest BCUT2D eigenvalue weighted by molar-refractivity contribution is 0.893. The number of nitrogens with zero attached hydrogens (tertiary/aromatic N) is 5. The predicted octanol–water partition coefficient (Wildman–Crippen LogP) is 10.8. The van der Waals surface area contributed by atoms with E-state index >= 15 is 0 Å². The van der Waals surface area contributed by atoms with Crippen LogP contribution in [0.3, 0.4) is 0 Å². The number of hydrogen-bond acceptors (Lipinski definition) is 3. The van der Waals surface area contributed by atoms with Crippen LogP contribution in [-0.2, 0) is 0 Å². The van der Waals surface area contributed by atoms with Crippen LogP contribution in [0, 0.1) is 0 Å². The standard InChI is InChI=1S/C57H37N5Si/c1-3-19-39(20-4-1)63(40-21-5-2-6-22-40)53-34-18-13-29-47(53)41-23-7-8-24-42(41)48-37-38(35-36-54(48)63)55-58-56(61-49-30-14-9-25-43(49)44-26-10-15-31-50(44)61)60-57(59-55)62-51-32-16-11-27-45(51)46-28-12-17-33-52(46)62/h1-37H. The monoisotopic (exact) mass is 819 g/mol. The molecular formula is C57H37N5Si. The SMILES string of the molecule is c1ccc([Si]2(c3ccccc3)c3ccccc3-c3ccccc3-c3cc(-c4nc(-n5c6ccccc6c6ccccc65)nc(-n5c6ccccc6c6ccccc65)n4)ccc32)cc1. The van der Waals surface area contributed by atoms with Gasteiger partial charge in [-0.15, -0.1) is 0 Å². The fraction of sp³-hybridized carbons (Fsp3) is 0. The van der Waals surface area contributed by atoms with Crippen LogP contribution < -0.4 is 20.7 Å². The van der Waals surface area contributed by atoms with E-state index in [-0.39, 0.29) is 0 Å². The third-order valence-corrected chi connectivity index (χ3v) is 18.0. The molecule has 0 saturated heterocycles. The molecule has 0 saturated carbocycles. The van der Waals surface area contributed by atoms with Crippen LogP contribution >= 0.6 is 0 Å². The molecule has 3 aromatic heterocycles. The Balaban J connectivity index is 1.14. The molecule has 0 N–H and O–H groups in total. The predicted molar refractivity (Wildman–Crippen MR) is 262 cm³/mol. The molecule has 0 bridgehead atoms. The second kappa shape index (κ2) is 13.9. The number of fused-ring (bicyclic) bond motifs is 11. The van der Waals surface area contributed by atoms with Crippen LogP contribution in [-0.4, -0.2) is 32.2 Å². The highest BCUT2D eigenvalue weighted by molar-refractivity contribution is 7.21. The van der Waals surface area contributed by atoms with Crippen molar-refractivity contribution in [1.82, 2.24) is 24.1 Å². The smallest absolute Gasteiger partial charge is 0.240 e. The van der Waals surface area contributed by atoms with Gasteiger partial charge in [-0.2, -0.15) is 15.0 Å². The molecule has 12 aromatic rings. The van der Waals surface area contributed by atoms with Crippen LogP contribution in [0.25, 0.3) is 89.2 Å².